The standard InChI is InChI=1S/C23H39NOS/c1-16(2)10-19-13-20(11-17(3)4)22(21(14-19)12-18(5)6)26(25)24-15-23(7,8)9/h13-18H,10-12H2,1-9H3/b24-15+/t26-/m0/s1. The van der Waals surface area contributed by atoms with Crippen LogP contribution in [0.3, 0.4) is 0 Å². The monoisotopic (exact) mass is 377 g/mol. The van der Waals surface area contributed by atoms with Crippen molar-refractivity contribution in [3.8, 4) is 0 Å². The van der Waals surface area contributed by atoms with Gasteiger partial charge in [0.25, 0.3) is 0 Å². The van der Waals surface area contributed by atoms with Gasteiger partial charge in [-0.3, -0.25) is 0 Å². The molecule has 0 fully saturated rings. The second-order valence-electron chi connectivity index (χ2n) is 9.89. The molecule has 0 N–H and O–H groups in total. The maximum atomic E-state index is 13.1. The van der Waals surface area contributed by atoms with E-state index in [2.05, 4.69) is 78.8 Å². The summed E-state index contributed by atoms with van der Waals surface area (Å²) in [5, 5.41) is 0. The summed E-state index contributed by atoms with van der Waals surface area (Å²) in [6, 6.07) is 4.56. The molecule has 0 radical (unpaired) electrons. The van der Waals surface area contributed by atoms with E-state index < -0.39 is 11.4 Å². The molecule has 1 atom stereocenters. The zero-order valence-corrected chi connectivity index (χ0v) is 19.2. The van der Waals surface area contributed by atoms with Gasteiger partial charge in [-0.05, 0) is 42.6 Å². The van der Waals surface area contributed by atoms with Crippen molar-refractivity contribution in [3.63, 3.8) is 0 Å². The van der Waals surface area contributed by atoms with E-state index in [0.717, 1.165) is 24.2 Å². The van der Waals surface area contributed by atoms with Crippen molar-refractivity contribution in [2.45, 2.75) is 86.5 Å². The van der Waals surface area contributed by atoms with Crippen molar-refractivity contribution in [2.24, 2.45) is 27.6 Å². The van der Waals surface area contributed by atoms with Gasteiger partial charge < -0.3 is 4.55 Å². The van der Waals surface area contributed by atoms with Crippen LogP contribution in [-0.2, 0) is 30.6 Å². The first-order valence-electron chi connectivity index (χ1n) is 10.0. The second kappa shape index (κ2) is 9.94. The molecule has 1 rings (SSSR count). The fraction of sp³-hybridized carbons (Fsp3) is 0.696. The Kier molecular flexibility index (Phi) is 8.88. The summed E-state index contributed by atoms with van der Waals surface area (Å²) in [6.07, 6.45) is 4.80. The van der Waals surface area contributed by atoms with Crippen LogP contribution in [0, 0.1) is 23.2 Å². The average Bonchev–Trinajstić information content (AvgIpc) is 2.41. The Bertz CT molecular complexity index is 566. The van der Waals surface area contributed by atoms with Crippen LogP contribution in [0.15, 0.2) is 21.4 Å². The minimum atomic E-state index is -1.34. The second-order valence-corrected chi connectivity index (χ2v) is 11.0. The zero-order valence-electron chi connectivity index (χ0n) is 18.3. The molecule has 0 aliphatic heterocycles. The molecule has 0 unspecified atom stereocenters. The third-order valence-corrected chi connectivity index (χ3v) is 5.08. The molecule has 148 valence electrons. The van der Waals surface area contributed by atoms with Gasteiger partial charge in [0, 0.05) is 16.5 Å². The molecule has 0 bridgehead atoms. The quantitative estimate of drug-likeness (QED) is 0.380. The molecule has 0 aliphatic rings. The Labute approximate surface area is 165 Å². The van der Waals surface area contributed by atoms with Gasteiger partial charge in [-0.15, -0.1) is 0 Å². The molecule has 0 saturated carbocycles. The van der Waals surface area contributed by atoms with Crippen LogP contribution in [0.5, 0.6) is 0 Å². The molecule has 0 aromatic heterocycles. The van der Waals surface area contributed by atoms with Gasteiger partial charge in [0.05, 0.1) is 6.21 Å². The third kappa shape index (κ3) is 8.26. The van der Waals surface area contributed by atoms with E-state index in [0.29, 0.717) is 17.8 Å². The number of rotatable bonds is 8. The Morgan fingerprint density at radius 3 is 1.65 bits per heavy atom. The largest absolute Gasteiger partial charge is 0.586 e. The maximum Gasteiger partial charge on any atom is 0.188 e. The van der Waals surface area contributed by atoms with E-state index in [9.17, 15) is 4.55 Å². The Morgan fingerprint density at radius 1 is 0.885 bits per heavy atom. The molecule has 0 heterocycles. The Morgan fingerprint density at radius 2 is 1.31 bits per heavy atom. The van der Waals surface area contributed by atoms with E-state index >= 15 is 0 Å². The molecule has 26 heavy (non-hydrogen) atoms. The summed E-state index contributed by atoms with van der Waals surface area (Å²) in [4.78, 5) is 0.959. The van der Waals surface area contributed by atoms with Crippen molar-refractivity contribution >= 4 is 17.6 Å². The lowest BCUT2D eigenvalue weighted by atomic mass is 9.91. The summed E-state index contributed by atoms with van der Waals surface area (Å²) in [6.45, 7) is 19.7. The molecule has 1 aromatic rings. The molecule has 0 aliphatic carbocycles. The van der Waals surface area contributed by atoms with E-state index in [1.54, 1.807) is 0 Å². The lowest BCUT2D eigenvalue weighted by molar-refractivity contribution is 0.577. The minimum absolute atomic E-state index is 0.0658. The van der Waals surface area contributed by atoms with Crippen molar-refractivity contribution < 1.29 is 4.55 Å². The van der Waals surface area contributed by atoms with Crippen LogP contribution in [0.25, 0.3) is 0 Å². The average molecular weight is 378 g/mol. The van der Waals surface area contributed by atoms with E-state index in [1.807, 2.05) is 6.21 Å². The Balaban J connectivity index is 3.46. The van der Waals surface area contributed by atoms with Crippen LogP contribution >= 0.6 is 0 Å². The first-order valence-corrected chi connectivity index (χ1v) is 11.1. The topological polar surface area (TPSA) is 35.4 Å². The number of benzene rings is 1. The summed E-state index contributed by atoms with van der Waals surface area (Å²) in [5.74, 6) is 1.67. The van der Waals surface area contributed by atoms with E-state index in [1.165, 1.54) is 16.7 Å². The fourth-order valence-electron chi connectivity index (χ4n) is 3.08. The highest BCUT2D eigenvalue weighted by molar-refractivity contribution is 7.90. The molecule has 3 heteroatoms. The highest BCUT2D eigenvalue weighted by Crippen LogP contribution is 2.30. The highest BCUT2D eigenvalue weighted by atomic mass is 32.2. The molecule has 0 spiro atoms. The van der Waals surface area contributed by atoms with Gasteiger partial charge in [0.1, 0.15) is 11.4 Å². The van der Waals surface area contributed by atoms with Crippen LogP contribution in [0.4, 0.5) is 0 Å². The smallest absolute Gasteiger partial charge is 0.188 e. The Hall–Kier alpha value is -0.800. The van der Waals surface area contributed by atoms with Gasteiger partial charge in [-0.1, -0.05) is 78.8 Å². The highest BCUT2D eigenvalue weighted by Gasteiger charge is 2.24. The molecule has 1 aromatic carbocycles. The molecular formula is C23H39NOS. The first-order chi connectivity index (χ1) is 11.9. The number of hydrogen-bond acceptors (Lipinski definition) is 2. The van der Waals surface area contributed by atoms with Gasteiger partial charge >= 0.3 is 0 Å². The van der Waals surface area contributed by atoms with Crippen molar-refractivity contribution in [1.29, 1.82) is 0 Å². The number of hydrogen-bond donors (Lipinski definition) is 0. The summed E-state index contributed by atoms with van der Waals surface area (Å²) >= 11 is -1.34. The normalized spacial score (nSPS) is 14.2. The maximum absolute atomic E-state index is 13.1. The zero-order chi connectivity index (χ0) is 20.1. The van der Waals surface area contributed by atoms with Gasteiger partial charge in [0.2, 0.25) is 0 Å². The molecule has 0 amide bonds. The van der Waals surface area contributed by atoms with E-state index in [-0.39, 0.29) is 5.41 Å². The molecule has 2 nitrogen and oxygen atoms in total. The van der Waals surface area contributed by atoms with Crippen LogP contribution < -0.4 is 0 Å². The minimum Gasteiger partial charge on any atom is -0.586 e. The van der Waals surface area contributed by atoms with Crippen LogP contribution in [-0.4, -0.2) is 10.8 Å². The summed E-state index contributed by atoms with van der Waals surface area (Å²) < 4.78 is 17.6. The third-order valence-electron chi connectivity index (χ3n) is 3.91. The van der Waals surface area contributed by atoms with E-state index in [4.69, 9.17) is 0 Å². The summed E-state index contributed by atoms with van der Waals surface area (Å²) in [5.41, 5.74) is 3.74. The molecule has 0 saturated heterocycles. The summed E-state index contributed by atoms with van der Waals surface area (Å²) in [7, 11) is 0. The van der Waals surface area contributed by atoms with Crippen molar-refractivity contribution in [2.75, 3.05) is 0 Å². The van der Waals surface area contributed by atoms with Gasteiger partial charge in [0.15, 0.2) is 4.90 Å². The van der Waals surface area contributed by atoms with Crippen LogP contribution in [0.2, 0.25) is 0 Å². The van der Waals surface area contributed by atoms with Crippen molar-refractivity contribution in [3.05, 3.63) is 28.8 Å². The lowest BCUT2D eigenvalue weighted by Crippen LogP contribution is -2.14. The van der Waals surface area contributed by atoms with Gasteiger partial charge in [-0.25, -0.2) is 0 Å². The molecular weight excluding hydrogens is 338 g/mol. The fourth-order valence-corrected chi connectivity index (χ4v) is 4.33. The van der Waals surface area contributed by atoms with Gasteiger partial charge in [-0.2, -0.15) is 0 Å². The first kappa shape index (κ1) is 23.2. The lowest BCUT2D eigenvalue weighted by Gasteiger charge is -2.19. The van der Waals surface area contributed by atoms with Crippen molar-refractivity contribution in [1.82, 2.24) is 0 Å². The predicted molar refractivity (Wildman–Crippen MR) is 116 cm³/mol. The SMILES string of the molecule is CC(C)Cc1cc(CC(C)C)c([S@+]([O-])/N=C/C(C)(C)C)c(CC(C)C)c1. The number of nitrogens with zero attached hydrogens (tertiary/aromatic N) is 1. The predicted octanol–water partition coefficient (Wildman–Crippen LogP) is 6.42. The van der Waals surface area contributed by atoms with Crippen LogP contribution in [0.1, 0.15) is 79.0 Å².